The first-order valence-corrected chi connectivity index (χ1v) is 13.3. The van der Waals surface area contributed by atoms with Gasteiger partial charge in [-0.15, -0.1) is 0 Å². The Hall–Kier alpha value is -4.27. The van der Waals surface area contributed by atoms with Gasteiger partial charge in [0, 0.05) is 18.9 Å². The molecule has 0 amide bonds. The molecule has 2 aromatic carbocycles. The Labute approximate surface area is 242 Å². The lowest BCUT2D eigenvalue weighted by molar-refractivity contribution is -0.146. The van der Waals surface area contributed by atoms with Crippen molar-refractivity contribution >= 4 is 5.97 Å². The summed E-state index contributed by atoms with van der Waals surface area (Å²) in [6.45, 7) is 8.54. The summed E-state index contributed by atoms with van der Waals surface area (Å²) in [4.78, 5) is 11.7. The van der Waals surface area contributed by atoms with Gasteiger partial charge in [-0.25, -0.2) is 4.79 Å². The number of allylic oxidation sites excluding steroid dienone is 1. The molecule has 0 spiro atoms. The third-order valence-corrected chi connectivity index (χ3v) is 6.35. The highest BCUT2D eigenvalue weighted by atomic mass is 16.6. The van der Waals surface area contributed by atoms with Crippen molar-refractivity contribution in [2.75, 3.05) is 42.2 Å². The molecule has 9 heteroatoms. The number of ether oxygens (including phenoxy) is 8. The van der Waals surface area contributed by atoms with E-state index < -0.39 is 0 Å². The topological polar surface area (TPSA) is 90.9 Å². The molecule has 2 atom stereocenters. The van der Waals surface area contributed by atoms with Crippen LogP contribution in [0.3, 0.4) is 0 Å². The molecule has 4 rings (SSSR count). The zero-order chi connectivity index (χ0) is 29.9. The fraction of sp³-hybridized carbons (Fsp3) is 0.406. The molecule has 0 radical (unpaired) electrons. The Morgan fingerprint density at radius 2 is 1.24 bits per heavy atom. The average molecular weight is 569 g/mol. The maximum atomic E-state index is 11.7. The summed E-state index contributed by atoms with van der Waals surface area (Å²) in [5.74, 6) is 4.76. The Morgan fingerprint density at radius 1 is 0.732 bits per heavy atom. The van der Waals surface area contributed by atoms with Crippen LogP contribution in [0.5, 0.6) is 23.0 Å². The summed E-state index contributed by atoms with van der Waals surface area (Å²) < 4.78 is 43.1. The average Bonchev–Trinajstić information content (AvgIpc) is 2.98. The highest BCUT2D eigenvalue weighted by Gasteiger charge is 2.26. The maximum Gasteiger partial charge on any atom is 0.334 e. The fourth-order valence-electron chi connectivity index (χ4n) is 4.26. The Bertz CT molecular complexity index is 1260. The predicted octanol–water partition coefficient (Wildman–Crippen LogP) is 6.46. The van der Waals surface area contributed by atoms with Gasteiger partial charge in [-0.05, 0) is 41.3 Å². The molecule has 2 heterocycles. The van der Waals surface area contributed by atoms with Crippen molar-refractivity contribution in [3.8, 4) is 23.0 Å². The molecule has 0 fully saturated rings. The van der Waals surface area contributed by atoms with Crippen LogP contribution < -0.4 is 18.9 Å². The molecular weight excluding hydrogens is 528 g/mol. The molecule has 222 valence electrons. The third kappa shape index (κ3) is 8.61. The van der Waals surface area contributed by atoms with Crippen molar-refractivity contribution in [1.29, 1.82) is 0 Å². The molecular formula is C32H40O9. The number of esters is 1. The van der Waals surface area contributed by atoms with Crippen molar-refractivity contribution in [2.24, 2.45) is 5.92 Å². The maximum absolute atomic E-state index is 11.7. The van der Waals surface area contributed by atoms with Gasteiger partial charge in [-0.3, -0.25) is 0 Å². The van der Waals surface area contributed by atoms with E-state index >= 15 is 0 Å². The Kier molecular flexibility index (Phi) is 11.4. The highest BCUT2D eigenvalue weighted by Crippen LogP contribution is 2.37. The van der Waals surface area contributed by atoms with Gasteiger partial charge < -0.3 is 37.9 Å². The van der Waals surface area contributed by atoms with E-state index in [4.69, 9.17) is 37.9 Å². The first kappa shape index (κ1) is 31.3. The second-order valence-electron chi connectivity index (χ2n) is 9.77. The summed E-state index contributed by atoms with van der Waals surface area (Å²) in [6, 6.07) is 11.2. The Morgan fingerprint density at radius 3 is 1.73 bits per heavy atom. The van der Waals surface area contributed by atoms with Crippen molar-refractivity contribution in [1.82, 2.24) is 0 Å². The predicted molar refractivity (Wildman–Crippen MR) is 154 cm³/mol. The van der Waals surface area contributed by atoms with Gasteiger partial charge in [0.1, 0.15) is 29.5 Å². The largest absolute Gasteiger partial charge is 0.501 e. The molecule has 0 bridgehead atoms. The lowest BCUT2D eigenvalue weighted by Gasteiger charge is -2.25. The number of carbonyl (C=O) groups is 1. The first-order chi connectivity index (χ1) is 19.7. The van der Waals surface area contributed by atoms with E-state index in [1.54, 1.807) is 47.7 Å². The molecule has 2 aromatic rings. The van der Waals surface area contributed by atoms with E-state index in [1.807, 2.05) is 30.3 Å². The standard InChI is InChI=1S/C17H22O5.C15H18O4/c1-11(2)10-21-13-8-15(22-17(18)9-13)12-5-6-14(19-3)16(7-12)20-4;1-10-7-12(16-2)9-14(19-10)11-5-6-13(17-3)15(8-11)18-4/h5-7,9,11,15H,8,10H2,1-4H3;5-8,14H,1,9H2,2-4H3. The smallest absolute Gasteiger partial charge is 0.334 e. The molecule has 9 nitrogen and oxygen atoms in total. The molecule has 0 aromatic heterocycles. The van der Waals surface area contributed by atoms with Crippen molar-refractivity contribution in [3.05, 3.63) is 83.5 Å². The van der Waals surface area contributed by atoms with E-state index in [0.29, 0.717) is 59.9 Å². The summed E-state index contributed by atoms with van der Waals surface area (Å²) in [5, 5.41) is 0. The second kappa shape index (κ2) is 14.9. The minimum absolute atomic E-state index is 0.118. The summed E-state index contributed by atoms with van der Waals surface area (Å²) in [7, 11) is 8.03. The molecule has 41 heavy (non-hydrogen) atoms. The molecule has 0 N–H and O–H groups in total. The third-order valence-electron chi connectivity index (χ3n) is 6.35. The van der Waals surface area contributed by atoms with Gasteiger partial charge in [0.2, 0.25) is 0 Å². The SMILES string of the molecule is C=C1C=C(OC)CC(c2ccc(OC)c(OC)c2)O1.COc1ccc(C2CC(OCC(C)C)=CC(=O)O2)cc1OC. The van der Waals surface area contributed by atoms with Crippen LogP contribution in [0.1, 0.15) is 50.0 Å². The van der Waals surface area contributed by atoms with Gasteiger partial charge in [-0.2, -0.15) is 0 Å². The van der Waals surface area contributed by atoms with Crippen molar-refractivity contribution in [3.63, 3.8) is 0 Å². The molecule has 2 aliphatic heterocycles. The molecule has 2 unspecified atom stereocenters. The molecule has 2 aliphatic rings. The fourth-order valence-corrected chi connectivity index (χ4v) is 4.26. The number of hydrogen-bond acceptors (Lipinski definition) is 9. The lowest BCUT2D eigenvalue weighted by atomic mass is 10.0. The molecule has 0 saturated carbocycles. The van der Waals surface area contributed by atoms with Crippen molar-refractivity contribution < 1.29 is 42.7 Å². The number of carbonyl (C=O) groups excluding carboxylic acids is 1. The van der Waals surface area contributed by atoms with Crippen LogP contribution in [0.2, 0.25) is 0 Å². The van der Waals surface area contributed by atoms with Gasteiger partial charge in [0.05, 0.1) is 48.2 Å². The number of benzene rings is 2. The van der Waals surface area contributed by atoms with Gasteiger partial charge in [0.15, 0.2) is 23.0 Å². The van der Waals surface area contributed by atoms with Gasteiger partial charge in [-0.1, -0.05) is 32.6 Å². The summed E-state index contributed by atoms with van der Waals surface area (Å²) in [6.07, 6.45) is 3.92. The van der Waals surface area contributed by atoms with Crippen LogP contribution in [-0.4, -0.2) is 48.1 Å². The van der Waals surface area contributed by atoms with E-state index in [9.17, 15) is 4.79 Å². The summed E-state index contributed by atoms with van der Waals surface area (Å²) in [5.41, 5.74) is 1.85. The van der Waals surface area contributed by atoms with E-state index in [2.05, 4.69) is 20.4 Å². The zero-order valence-corrected chi connectivity index (χ0v) is 24.9. The number of methoxy groups -OCH3 is 5. The van der Waals surface area contributed by atoms with E-state index in [-0.39, 0.29) is 18.2 Å². The van der Waals surface area contributed by atoms with Crippen LogP contribution in [0.4, 0.5) is 0 Å². The number of hydrogen-bond donors (Lipinski definition) is 0. The zero-order valence-electron chi connectivity index (χ0n) is 24.9. The van der Waals surface area contributed by atoms with Crippen molar-refractivity contribution in [2.45, 2.75) is 38.9 Å². The minimum Gasteiger partial charge on any atom is -0.501 e. The van der Waals surface area contributed by atoms with Crippen LogP contribution >= 0.6 is 0 Å². The van der Waals surface area contributed by atoms with Crippen LogP contribution in [-0.2, 0) is 23.7 Å². The quantitative estimate of drug-likeness (QED) is 0.300. The lowest BCUT2D eigenvalue weighted by Crippen LogP contribution is -2.18. The van der Waals surface area contributed by atoms with Crippen LogP contribution in [0.25, 0.3) is 0 Å². The second-order valence-corrected chi connectivity index (χ2v) is 9.77. The monoisotopic (exact) mass is 568 g/mol. The minimum atomic E-state index is -0.384. The molecule has 0 aliphatic carbocycles. The van der Waals surface area contributed by atoms with Gasteiger partial charge in [0.25, 0.3) is 0 Å². The van der Waals surface area contributed by atoms with E-state index in [0.717, 1.165) is 16.9 Å². The normalized spacial score (nSPS) is 18.0. The van der Waals surface area contributed by atoms with E-state index in [1.165, 1.54) is 6.08 Å². The Balaban J connectivity index is 0.000000228. The first-order valence-electron chi connectivity index (χ1n) is 13.3. The van der Waals surface area contributed by atoms with Crippen LogP contribution in [0.15, 0.2) is 72.4 Å². The van der Waals surface area contributed by atoms with Gasteiger partial charge >= 0.3 is 5.97 Å². The highest BCUT2D eigenvalue weighted by molar-refractivity contribution is 5.83. The van der Waals surface area contributed by atoms with Crippen LogP contribution in [0, 0.1) is 5.92 Å². The number of rotatable bonds is 10. The number of cyclic esters (lactones) is 1. The molecule has 0 saturated heterocycles. The summed E-state index contributed by atoms with van der Waals surface area (Å²) >= 11 is 0.